The number of hydrogen-bond donors (Lipinski definition) is 2. The van der Waals surface area contributed by atoms with Crippen molar-refractivity contribution in [3.05, 3.63) is 23.2 Å². The van der Waals surface area contributed by atoms with Crippen molar-refractivity contribution in [2.45, 2.75) is 19.4 Å². The van der Waals surface area contributed by atoms with Crippen molar-refractivity contribution in [3.63, 3.8) is 0 Å². The molecule has 0 bridgehead atoms. The molecule has 1 atom stereocenters. The molecule has 0 aromatic heterocycles. The molecule has 16 heavy (non-hydrogen) atoms. The maximum Gasteiger partial charge on any atom is 0.305 e. The monoisotopic (exact) mass is 243 g/mol. The smallest absolute Gasteiger partial charge is 0.305 e. The van der Waals surface area contributed by atoms with E-state index in [0.29, 0.717) is 16.5 Å². The third kappa shape index (κ3) is 3.62. The molecule has 0 radical (unpaired) electrons. The van der Waals surface area contributed by atoms with Crippen LogP contribution in [0, 0.1) is 0 Å². The first-order valence-corrected chi connectivity index (χ1v) is 5.22. The number of carboxylic acid groups (broad SMARTS) is 1. The largest absolute Gasteiger partial charge is 0.497 e. The molecule has 4 nitrogen and oxygen atoms in total. The number of aliphatic carboxylic acids is 1. The number of carboxylic acids is 1. The van der Waals surface area contributed by atoms with E-state index in [1.165, 1.54) is 0 Å². The molecule has 0 saturated heterocycles. The molecule has 5 heteroatoms. The average molecular weight is 244 g/mol. The number of nitrogens with one attached hydrogen (secondary N) is 1. The highest BCUT2D eigenvalue weighted by atomic mass is 35.5. The van der Waals surface area contributed by atoms with Gasteiger partial charge in [-0.3, -0.25) is 4.79 Å². The van der Waals surface area contributed by atoms with E-state index < -0.39 is 5.97 Å². The third-order valence-corrected chi connectivity index (χ3v) is 2.39. The minimum absolute atomic E-state index is 0.0353. The SMILES string of the molecule is COc1ccc(Cl)c(NC(C)CC(=O)O)c1. The molecule has 0 amide bonds. The fourth-order valence-electron chi connectivity index (χ4n) is 1.32. The van der Waals surface area contributed by atoms with Gasteiger partial charge in [-0.2, -0.15) is 0 Å². The molecule has 0 saturated carbocycles. The molecule has 1 aromatic rings. The van der Waals surface area contributed by atoms with E-state index in [4.69, 9.17) is 21.4 Å². The predicted octanol–water partition coefficient (Wildman–Crippen LogP) is 2.62. The first-order valence-electron chi connectivity index (χ1n) is 4.84. The number of methoxy groups -OCH3 is 1. The van der Waals surface area contributed by atoms with Gasteiger partial charge in [0.25, 0.3) is 0 Å². The van der Waals surface area contributed by atoms with Crippen LogP contribution in [-0.4, -0.2) is 24.2 Å². The molecule has 0 aliphatic rings. The fourth-order valence-corrected chi connectivity index (χ4v) is 1.49. The Morgan fingerprint density at radius 2 is 2.31 bits per heavy atom. The van der Waals surface area contributed by atoms with E-state index in [1.54, 1.807) is 32.2 Å². The Morgan fingerprint density at radius 3 is 2.88 bits per heavy atom. The topological polar surface area (TPSA) is 58.6 Å². The van der Waals surface area contributed by atoms with Crippen LogP contribution in [0.3, 0.4) is 0 Å². The molecule has 0 aliphatic carbocycles. The molecule has 0 fully saturated rings. The van der Waals surface area contributed by atoms with Crippen LogP contribution in [0.5, 0.6) is 5.75 Å². The van der Waals surface area contributed by atoms with Gasteiger partial charge in [0, 0.05) is 12.1 Å². The number of ether oxygens (including phenoxy) is 1. The summed E-state index contributed by atoms with van der Waals surface area (Å²) in [5.74, 6) is -0.173. The molecule has 88 valence electrons. The highest BCUT2D eigenvalue weighted by molar-refractivity contribution is 6.33. The number of carbonyl (C=O) groups is 1. The Morgan fingerprint density at radius 1 is 1.62 bits per heavy atom. The lowest BCUT2D eigenvalue weighted by Gasteiger charge is -2.15. The van der Waals surface area contributed by atoms with Crippen LogP contribution in [0.1, 0.15) is 13.3 Å². The number of rotatable bonds is 5. The van der Waals surface area contributed by atoms with Gasteiger partial charge in [0.05, 0.1) is 24.2 Å². The van der Waals surface area contributed by atoms with Crippen LogP contribution in [0.2, 0.25) is 5.02 Å². The zero-order valence-corrected chi connectivity index (χ0v) is 9.91. The molecule has 2 N–H and O–H groups in total. The summed E-state index contributed by atoms with van der Waals surface area (Å²) in [5.41, 5.74) is 0.676. The fraction of sp³-hybridized carbons (Fsp3) is 0.364. The van der Waals surface area contributed by atoms with Crippen molar-refractivity contribution in [2.75, 3.05) is 12.4 Å². The Labute approximate surface area is 99.2 Å². The minimum atomic E-state index is -0.848. The van der Waals surface area contributed by atoms with Crippen LogP contribution in [0.15, 0.2) is 18.2 Å². The molecule has 0 heterocycles. The van der Waals surface area contributed by atoms with Gasteiger partial charge in [-0.15, -0.1) is 0 Å². The summed E-state index contributed by atoms with van der Waals surface area (Å²) in [7, 11) is 1.56. The number of hydrogen-bond acceptors (Lipinski definition) is 3. The van der Waals surface area contributed by atoms with Crippen LogP contribution in [0.25, 0.3) is 0 Å². The summed E-state index contributed by atoms with van der Waals surface area (Å²) in [5, 5.41) is 12.2. The van der Waals surface area contributed by atoms with E-state index in [-0.39, 0.29) is 12.5 Å². The molecule has 1 rings (SSSR count). The predicted molar refractivity (Wildman–Crippen MR) is 63.3 cm³/mol. The lowest BCUT2D eigenvalue weighted by molar-refractivity contribution is -0.137. The molecule has 1 unspecified atom stereocenters. The second kappa shape index (κ2) is 5.61. The number of halogens is 1. The van der Waals surface area contributed by atoms with Crippen molar-refractivity contribution in [1.82, 2.24) is 0 Å². The van der Waals surface area contributed by atoms with E-state index in [2.05, 4.69) is 5.32 Å². The summed E-state index contributed by atoms with van der Waals surface area (Å²) in [6.45, 7) is 1.78. The molecular weight excluding hydrogens is 230 g/mol. The summed E-state index contributed by atoms with van der Waals surface area (Å²) >= 11 is 5.97. The van der Waals surface area contributed by atoms with Gasteiger partial charge in [0.2, 0.25) is 0 Å². The zero-order chi connectivity index (χ0) is 12.1. The first kappa shape index (κ1) is 12.6. The number of benzene rings is 1. The molecule has 0 aliphatic heterocycles. The van der Waals surface area contributed by atoms with E-state index in [0.717, 1.165) is 0 Å². The molecule has 0 spiro atoms. The molecular formula is C11H14ClNO3. The van der Waals surface area contributed by atoms with Gasteiger partial charge >= 0.3 is 5.97 Å². The average Bonchev–Trinajstić information content (AvgIpc) is 2.20. The highest BCUT2D eigenvalue weighted by Gasteiger charge is 2.09. The van der Waals surface area contributed by atoms with Gasteiger partial charge in [-0.25, -0.2) is 0 Å². The third-order valence-electron chi connectivity index (χ3n) is 2.06. The van der Waals surface area contributed by atoms with Gasteiger partial charge < -0.3 is 15.2 Å². The Kier molecular flexibility index (Phi) is 4.43. The van der Waals surface area contributed by atoms with Gasteiger partial charge in [0.15, 0.2) is 0 Å². The van der Waals surface area contributed by atoms with Crippen molar-refractivity contribution < 1.29 is 14.6 Å². The van der Waals surface area contributed by atoms with Crippen molar-refractivity contribution >= 4 is 23.3 Å². The Hall–Kier alpha value is -1.42. The van der Waals surface area contributed by atoms with Crippen LogP contribution in [0.4, 0.5) is 5.69 Å². The standard InChI is InChI=1S/C11H14ClNO3/c1-7(5-11(14)15)13-10-6-8(16-2)3-4-9(10)12/h3-4,6-7,13H,5H2,1-2H3,(H,14,15). The van der Waals surface area contributed by atoms with E-state index in [9.17, 15) is 4.79 Å². The second-order valence-corrected chi connectivity index (χ2v) is 3.90. The summed E-state index contributed by atoms with van der Waals surface area (Å²) in [4.78, 5) is 10.5. The summed E-state index contributed by atoms with van der Waals surface area (Å²) in [6, 6.07) is 4.99. The zero-order valence-electron chi connectivity index (χ0n) is 9.16. The number of anilines is 1. The second-order valence-electron chi connectivity index (χ2n) is 3.49. The minimum Gasteiger partial charge on any atom is -0.497 e. The van der Waals surface area contributed by atoms with E-state index in [1.807, 2.05) is 0 Å². The van der Waals surface area contributed by atoms with Crippen LogP contribution < -0.4 is 10.1 Å². The lowest BCUT2D eigenvalue weighted by Crippen LogP contribution is -2.19. The maximum atomic E-state index is 10.5. The van der Waals surface area contributed by atoms with Gasteiger partial charge in [-0.05, 0) is 19.1 Å². The van der Waals surface area contributed by atoms with Gasteiger partial charge in [0.1, 0.15) is 5.75 Å². The Bertz CT molecular complexity index is 381. The normalized spacial score (nSPS) is 11.9. The quantitative estimate of drug-likeness (QED) is 0.835. The molecule has 1 aromatic carbocycles. The maximum absolute atomic E-state index is 10.5. The Balaban J connectivity index is 2.75. The van der Waals surface area contributed by atoms with Crippen LogP contribution >= 0.6 is 11.6 Å². The summed E-state index contributed by atoms with van der Waals surface area (Å²) < 4.78 is 5.06. The van der Waals surface area contributed by atoms with Crippen molar-refractivity contribution in [3.8, 4) is 5.75 Å². The highest BCUT2D eigenvalue weighted by Crippen LogP contribution is 2.27. The van der Waals surface area contributed by atoms with E-state index >= 15 is 0 Å². The van der Waals surface area contributed by atoms with Crippen molar-refractivity contribution in [2.24, 2.45) is 0 Å². The van der Waals surface area contributed by atoms with Crippen molar-refractivity contribution in [1.29, 1.82) is 0 Å². The lowest BCUT2D eigenvalue weighted by atomic mass is 10.2. The first-order chi connectivity index (χ1) is 7.52. The van der Waals surface area contributed by atoms with Crippen LogP contribution in [-0.2, 0) is 4.79 Å². The summed E-state index contributed by atoms with van der Waals surface area (Å²) in [6.07, 6.45) is 0.0353. The van der Waals surface area contributed by atoms with Gasteiger partial charge in [-0.1, -0.05) is 11.6 Å².